The number of hydrogen-bond acceptors (Lipinski definition) is 8. The smallest absolute Gasteiger partial charge is 0.182 e. The first-order valence-corrected chi connectivity index (χ1v) is 19.6. The summed E-state index contributed by atoms with van der Waals surface area (Å²) >= 11 is 0. The second kappa shape index (κ2) is 16.2. The van der Waals surface area contributed by atoms with Crippen molar-refractivity contribution >= 4 is 0 Å². The number of hydrogen-bond donors (Lipinski definition) is 0. The van der Waals surface area contributed by atoms with Crippen molar-refractivity contribution < 1.29 is 0 Å². The SMILES string of the molecule is c1ccc(-c2cc(-c3ccc(-c4cc(-c5ccccc5)nc(-c5ccccc5)n4)cn3)nc(-c3cccc(-c4nc(-c5ccccc5)nc(-c5ccccc5)n4)n3)c2)cc1. The summed E-state index contributed by atoms with van der Waals surface area (Å²) in [6.07, 6.45) is 1.85. The molecular formula is C52H34N8. The molecule has 0 radical (unpaired) electrons. The predicted octanol–water partition coefficient (Wildman–Crippen LogP) is 11.8. The zero-order valence-corrected chi connectivity index (χ0v) is 32.2. The van der Waals surface area contributed by atoms with Gasteiger partial charge in [0.1, 0.15) is 5.69 Å². The number of rotatable bonds is 9. The van der Waals surface area contributed by atoms with Gasteiger partial charge in [-0.05, 0) is 53.6 Å². The lowest BCUT2D eigenvalue weighted by Crippen LogP contribution is -2.02. The Morgan fingerprint density at radius 1 is 0.200 bits per heavy atom. The van der Waals surface area contributed by atoms with E-state index in [1.54, 1.807) is 0 Å². The Labute approximate surface area is 347 Å². The van der Waals surface area contributed by atoms with Crippen LogP contribution < -0.4 is 0 Å². The maximum Gasteiger partial charge on any atom is 0.182 e. The molecule has 0 aliphatic carbocycles. The van der Waals surface area contributed by atoms with Gasteiger partial charge < -0.3 is 0 Å². The van der Waals surface area contributed by atoms with Gasteiger partial charge >= 0.3 is 0 Å². The molecule has 8 nitrogen and oxygen atoms in total. The molecule has 5 heterocycles. The van der Waals surface area contributed by atoms with E-state index >= 15 is 0 Å². The van der Waals surface area contributed by atoms with Gasteiger partial charge in [-0.2, -0.15) is 0 Å². The fraction of sp³-hybridized carbons (Fsp3) is 0. The van der Waals surface area contributed by atoms with Crippen LogP contribution in [0.1, 0.15) is 0 Å². The highest BCUT2D eigenvalue weighted by atomic mass is 15.0. The third kappa shape index (κ3) is 7.68. The highest BCUT2D eigenvalue weighted by Crippen LogP contribution is 2.32. The molecule has 0 amide bonds. The van der Waals surface area contributed by atoms with Crippen molar-refractivity contribution in [2.45, 2.75) is 0 Å². The number of nitrogens with zero attached hydrogens (tertiary/aromatic N) is 8. The Hall–Kier alpha value is -8.36. The Kier molecular flexibility index (Phi) is 9.75. The fourth-order valence-electron chi connectivity index (χ4n) is 6.98. The zero-order chi connectivity index (χ0) is 40.1. The van der Waals surface area contributed by atoms with Crippen molar-refractivity contribution in [2.75, 3.05) is 0 Å². The number of pyridine rings is 3. The first-order chi connectivity index (χ1) is 29.7. The number of aromatic nitrogens is 8. The van der Waals surface area contributed by atoms with Crippen LogP contribution in [0.3, 0.4) is 0 Å². The van der Waals surface area contributed by atoms with E-state index in [4.69, 9.17) is 39.9 Å². The molecular weight excluding hydrogens is 737 g/mol. The minimum atomic E-state index is 0.469. The lowest BCUT2D eigenvalue weighted by molar-refractivity contribution is 1.06. The van der Waals surface area contributed by atoms with Crippen LogP contribution in [0.15, 0.2) is 206 Å². The van der Waals surface area contributed by atoms with Crippen LogP contribution in [0.2, 0.25) is 0 Å². The van der Waals surface area contributed by atoms with Crippen LogP contribution in [-0.2, 0) is 0 Å². The Morgan fingerprint density at radius 2 is 0.633 bits per heavy atom. The predicted molar refractivity (Wildman–Crippen MR) is 238 cm³/mol. The van der Waals surface area contributed by atoms with Crippen molar-refractivity contribution in [1.29, 1.82) is 0 Å². The molecule has 10 aromatic rings. The quantitative estimate of drug-likeness (QED) is 0.143. The Morgan fingerprint density at radius 3 is 1.17 bits per heavy atom. The van der Waals surface area contributed by atoms with Gasteiger partial charge in [0.25, 0.3) is 0 Å². The van der Waals surface area contributed by atoms with Gasteiger partial charge in [-0.25, -0.2) is 34.9 Å². The van der Waals surface area contributed by atoms with Crippen molar-refractivity contribution in [3.8, 4) is 102 Å². The standard InChI is InChI=1S/C52H34N8/c1-6-17-35(18-7-1)41-31-47(42-30-29-40(34-53-42)46-33-45(36-19-8-2-9-20-36)56-49(57-46)37-21-10-3-11-22-37)55-48(32-41)43-27-16-28-44(54-43)52-59-50(38-23-12-4-13-24-38)58-51(60-52)39-25-14-5-15-26-39/h1-34H. The lowest BCUT2D eigenvalue weighted by Gasteiger charge is -2.12. The molecule has 0 aliphatic rings. The van der Waals surface area contributed by atoms with Gasteiger partial charge in [-0.3, -0.25) is 4.98 Å². The Bertz CT molecular complexity index is 2940. The second-order valence-corrected chi connectivity index (χ2v) is 14.1. The summed E-state index contributed by atoms with van der Waals surface area (Å²) in [6, 6.07) is 66.3. The van der Waals surface area contributed by atoms with Gasteiger partial charge in [-0.1, -0.05) is 158 Å². The van der Waals surface area contributed by atoms with E-state index < -0.39 is 0 Å². The summed E-state index contributed by atoms with van der Waals surface area (Å²) in [5, 5.41) is 0. The van der Waals surface area contributed by atoms with E-state index in [1.807, 2.05) is 170 Å². The number of benzene rings is 5. The molecule has 5 aromatic heterocycles. The largest absolute Gasteiger partial charge is 0.254 e. The third-order valence-electron chi connectivity index (χ3n) is 10.0. The van der Waals surface area contributed by atoms with Gasteiger partial charge in [0.05, 0.1) is 34.2 Å². The molecule has 0 atom stereocenters. The minimum Gasteiger partial charge on any atom is -0.254 e. The van der Waals surface area contributed by atoms with Crippen molar-refractivity contribution in [2.24, 2.45) is 0 Å². The molecule has 0 N–H and O–H groups in total. The normalized spacial score (nSPS) is 11.0. The van der Waals surface area contributed by atoms with E-state index in [-0.39, 0.29) is 0 Å². The van der Waals surface area contributed by atoms with Crippen molar-refractivity contribution in [3.63, 3.8) is 0 Å². The van der Waals surface area contributed by atoms with Gasteiger partial charge in [0.2, 0.25) is 0 Å². The van der Waals surface area contributed by atoms with Crippen molar-refractivity contribution in [3.05, 3.63) is 206 Å². The van der Waals surface area contributed by atoms with Crippen molar-refractivity contribution in [1.82, 2.24) is 39.9 Å². The van der Waals surface area contributed by atoms with Crippen LogP contribution in [0, 0.1) is 0 Å². The van der Waals surface area contributed by atoms with Crippen LogP contribution in [0.5, 0.6) is 0 Å². The monoisotopic (exact) mass is 770 g/mol. The highest BCUT2D eigenvalue weighted by molar-refractivity contribution is 5.77. The first-order valence-electron chi connectivity index (χ1n) is 19.6. The first kappa shape index (κ1) is 36.0. The van der Waals surface area contributed by atoms with Crippen LogP contribution in [-0.4, -0.2) is 39.9 Å². The summed E-state index contributed by atoms with van der Waals surface area (Å²) in [4.78, 5) is 39.9. The molecule has 8 heteroatoms. The molecule has 10 rings (SSSR count). The minimum absolute atomic E-state index is 0.469. The molecule has 0 spiro atoms. The summed E-state index contributed by atoms with van der Waals surface area (Å²) in [6.45, 7) is 0. The average molecular weight is 771 g/mol. The van der Waals surface area contributed by atoms with E-state index in [9.17, 15) is 0 Å². The molecule has 0 saturated carbocycles. The molecule has 5 aromatic carbocycles. The zero-order valence-electron chi connectivity index (χ0n) is 32.2. The van der Waals surface area contributed by atoms with E-state index in [2.05, 4.69) is 36.4 Å². The summed E-state index contributed by atoms with van der Waals surface area (Å²) in [5.74, 6) is 2.26. The lowest BCUT2D eigenvalue weighted by atomic mass is 10.0. The van der Waals surface area contributed by atoms with E-state index in [0.29, 0.717) is 51.8 Å². The van der Waals surface area contributed by atoms with Crippen LogP contribution in [0.4, 0.5) is 0 Å². The molecule has 0 saturated heterocycles. The summed E-state index contributed by atoms with van der Waals surface area (Å²) in [5.41, 5.74) is 11.7. The molecule has 0 fully saturated rings. The molecule has 0 bridgehead atoms. The molecule has 60 heavy (non-hydrogen) atoms. The maximum absolute atomic E-state index is 5.17. The van der Waals surface area contributed by atoms with Gasteiger partial charge in [0, 0.05) is 34.0 Å². The Balaban J connectivity index is 1.05. The fourth-order valence-corrected chi connectivity index (χ4v) is 6.98. The van der Waals surface area contributed by atoms with Gasteiger partial charge in [0.15, 0.2) is 23.3 Å². The summed E-state index contributed by atoms with van der Waals surface area (Å²) in [7, 11) is 0. The van der Waals surface area contributed by atoms with E-state index in [1.165, 1.54) is 0 Å². The van der Waals surface area contributed by atoms with Crippen LogP contribution in [0.25, 0.3) is 102 Å². The molecule has 0 aliphatic heterocycles. The third-order valence-corrected chi connectivity index (χ3v) is 10.0. The molecule has 282 valence electrons. The average Bonchev–Trinajstić information content (AvgIpc) is 3.35. The summed E-state index contributed by atoms with van der Waals surface area (Å²) < 4.78 is 0. The maximum atomic E-state index is 5.17. The molecule has 0 unspecified atom stereocenters. The topological polar surface area (TPSA) is 103 Å². The van der Waals surface area contributed by atoms with E-state index in [0.717, 1.165) is 50.3 Å². The highest BCUT2D eigenvalue weighted by Gasteiger charge is 2.17. The second-order valence-electron chi connectivity index (χ2n) is 14.1. The van der Waals surface area contributed by atoms with Gasteiger partial charge in [-0.15, -0.1) is 0 Å². The van der Waals surface area contributed by atoms with Crippen LogP contribution >= 0.6 is 0 Å².